The molecule has 2 aromatic carbocycles. The minimum Gasteiger partial charge on any atom is -0.484 e. The molecule has 9 heteroatoms. The molecule has 1 unspecified atom stereocenters. The summed E-state index contributed by atoms with van der Waals surface area (Å²) in [7, 11) is 0. The third-order valence-electron chi connectivity index (χ3n) is 3.66. The zero-order valence-corrected chi connectivity index (χ0v) is 13.8. The number of hydrogen-bond donors (Lipinski definition) is 3. The summed E-state index contributed by atoms with van der Waals surface area (Å²) in [5.74, 6) is -3.38. The summed E-state index contributed by atoms with van der Waals surface area (Å²) in [4.78, 5) is 16.1. The van der Waals surface area contributed by atoms with Crippen molar-refractivity contribution in [2.75, 3.05) is 11.9 Å². The summed E-state index contributed by atoms with van der Waals surface area (Å²) in [5.41, 5.74) is 3.00. The van der Waals surface area contributed by atoms with Gasteiger partial charge in [-0.2, -0.15) is 13.2 Å². The Kier molecular flexibility index (Phi) is 5.06. The van der Waals surface area contributed by atoms with Crippen molar-refractivity contribution in [1.82, 2.24) is 5.48 Å². The molecule has 1 aliphatic rings. The molecule has 0 saturated heterocycles. The molecule has 0 fully saturated rings. The van der Waals surface area contributed by atoms with Gasteiger partial charge in [-0.3, -0.25) is 10.3 Å². The maximum Gasteiger partial charge on any atom is 0.449 e. The predicted molar refractivity (Wildman–Crippen MR) is 90.2 cm³/mol. The fraction of sp³-hybridized carbons (Fsp3) is 0.167. The molecule has 0 aromatic heterocycles. The molecule has 0 bridgehead atoms. The molecule has 1 heterocycles. The predicted octanol–water partition coefficient (Wildman–Crippen LogP) is 2.83. The highest BCUT2D eigenvalue weighted by molar-refractivity contribution is 5.91. The van der Waals surface area contributed by atoms with Crippen LogP contribution in [0.5, 0.6) is 5.75 Å². The van der Waals surface area contributed by atoms with Crippen molar-refractivity contribution >= 4 is 17.3 Å². The summed E-state index contributed by atoms with van der Waals surface area (Å²) in [6, 6.07) is 14.8. The van der Waals surface area contributed by atoms with E-state index in [1.54, 1.807) is 24.3 Å². The van der Waals surface area contributed by atoms with E-state index in [1.165, 1.54) is 24.3 Å². The monoisotopic (exact) mass is 380 g/mol. The minimum absolute atomic E-state index is 0.0387. The topological polar surface area (TPSA) is 79.8 Å². The highest BCUT2D eigenvalue weighted by Gasteiger charge is 2.57. The normalized spacial score (nSPS) is 19.2. The first-order chi connectivity index (χ1) is 12.8. The number of carbonyl (C=O) groups is 1. The van der Waals surface area contributed by atoms with Crippen LogP contribution in [-0.4, -0.2) is 29.6 Å². The third-order valence-corrected chi connectivity index (χ3v) is 3.66. The van der Waals surface area contributed by atoms with Gasteiger partial charge in [0.1, 0.15) is 5.75 Å². The second-order valence-corrected chi connectivity index (χ2v) is 5.68. The van der Waals surface area contributed by atoms with Crippen molar-refractivity contribution < 1.29 is 32.6 Å². The Labute approximate surface area is 152 Å². The van der Waals surface area contributed by atoms with Crippen LogP contribution in [-0.2, 0) is 9.63 Å². The molecule has 0 aliphatic carbocycles. The number of hydroxylamine groups is 1. The molecule has 0 spiro atoms. The molecule has 3 N–H and O–H groups in total. The molecule has 142 valence electrons. The number of rotatable bonds is 5. The fourth-order valence-electron chi connectivity index (χ4n) is 2.27. The molecule has 1 amide bonds. The van der Waals surface area contributed by atoms with Crippen LogP contribution in [0, 0.1) is 0 Å². The molecule has 2 aromatic rings. The van der Waals surface area contributed by atoms with Gasteiger partial charge in [0.2, 0.25) is 0 Å². The van der Waals surface area contributed by atoms with E-state index in [-0.39, 0.29) is 18.2 Å². The van der Waals surface area contributed by atoms with E-state index in [1.807, 2.05) is 6.07 Å². The lowest BCUT2D eigenvalue weighted by atomic mass is 10.1. The zero-order valence-electron chi connectivity index (χ0n) is 13.8. The molecular formula is C18H15F3N2O4. The molecule has 27 heavy (non-hydrogen) atoms. The summed E-state index contributed by atoms with van der Waals surface area (Å²) < 4.78 is 43.5. The van der Waals surface area contributed by atoms with Gasteiger partial charge in [-0.15, -0.1) is 0 Å². The standard InChI is InChI=1S/C18H15F3N2O4/c19-18(20,21)17(25)10-15(23-27-17)12-6-8-14(9-7-12)26-11-16(24)22-13-4-2-1-3-5-13/h1-10,23,25H,11H2,(H,22,24). The van der Waals surface area contributed by atoms with E-state index in [2.05, 4.69) is 15.6 Å². The number of hydrogen-bond acceptors (Lipinski definition) is 5. The van der Waals surface area contributed by atoms with Crippen LogP contribution in [0.4, 0.5) is 18.9 Å². The molecule has 3 rings (SSSR count). The first kappa shape index (κ1) is 18.7. The van der Waals surface area contributed by atoms with Crippen LogP contribution in [0.2, 0.25) is 0 Å². The Bertz CT molecular complexity index is 838. The van der Waals surface area contributed by atoms with E-state index in [0.29, 0.717) is 23.1 Å². The van der Waals surface area contributed by atoms with E-state index < -0.39 is 12.0 Å². The Balaban J connectivity index is 1.58. The minimum atomic E-state index is -4.98. The van der Waals surface area contributed by atoms with Crippen LogP contribution in [0.1, 0.15) is 5.56 Å². The first-order valence-electron chi connectivity index (χ1n) is 7.81. The second-order valence-electron chi connectivity index (χ2n) is 5.68. The summed E-state index contributed by atoms with van der Waals surface area (Å²) in [5, 5.41) is 12.1. The smallest absolute Gasteiger partial charge is 0.449 e. The quantitative estimate of drug-likeness (QED) is 0.743. The van der Waals surface area contributed by atoms with E-state index >= 15 is 0 Å². The van der Waals surface area contributed by atoms with Gasteiger partial charge in [0.25, 0.3) is 5.91 Å². The number of nitrogens with one attached hydrogen (secondary N) is 2. The second kappa shape index (κ2) is 7.29. The van der Waals surface area contributed by atoms with E-state index in [0.717, 1.165) is 0 Å². The van der Waals surface area contributed by atoms with Gasteiger partial charge >= 0.3 is 12.0 Å². The van der Waals surface area contributed by atoms with E-state index in [9.17, 15) is 23.1 Å². The number of amides is 1. The number of aliphatic hydroxyl groups is 1. The Morgan fingerprint density at radius 1 is 1.15 bits per heavy atom. The number of para-hydroxylation sites is 1. The van der Waals surface area contributed by atoms with Gasteiger partial charge in [0.15, 0.2) is 6.61 Å². The van der Waals surface area contributed by atoms with Crippen molar-refractivity contribution in [3.63, 3.8) is 0 Å². The lowest BCUT2D eigenvalue weighted by molar-refractivity contribution is -0.345. The largest absolute Gasteiger partial charge is 0.484 e. The van der Waals surface area contributed by atoms with Crippen molar-refractivity contribution in [2.24, 2.45) is 0 Å². The lowest BCUT2D eigenvalue weighted by Crippen LogP contribution is -2.45. The van der Waals surface area contributed by atoms with Crippen molar-refractivity contribution in [3.05, 3.63) is 66.2 Å². The molecular weight excluding hydrogens is 365 g/mol. The van der Waals surface area contributed by atoms with E-state index in [4.69, 9.17) is 4.74 Å². The van der Waals surface area contributed by atoms with Crippen molar-refractivity contribution in [2.45, 2.75) is 12.0 Å². The van der Waals surface area contributed by atoms with Gasteiger partial charge in [-0.25, -0.2) is 4.84 Å². The first-order valence-corrected chi connectivity index (χ1v) is 7.81. The average molecular weight is 380 g/mol. The lowest BCUT2D eigenvalue weighted by Gasteiger charge is -2.21. The van der Waals surface area contributed by atoms with Crippen LogP contribution < -0.4 is 15.5 Å². The Morgan fingerprint density at radius 3 is 2.41 bits per heavy atom. The number of alkyl halides is 3. The zero-order chi connectivity index (χ0) is 19.5. The summed E-state index contributed by atoms with van der Waals surface area (Å²) in [6.45, 7) is -0.230. The fourth-order valence-corrected chi connectivity index (χ4v) is 2.27. The number of carbonyl (C=O) groups excluding carboxylic acids is 1. The summed E-state index contributed by atoms with van der Waals surface area (Å²) in [6.07, 6.45) is -4.44. The molecule has 0 radical (unpaired) electrons. The molecule has 1 atom stereocenters. The number of ether oxygens (including phenoxy) is 1. The van der Waals surface area contributed by atoms with Gasteiger partial charge in [0, 0.05) is 17.3 Å². The molecule has 1 aliphatic heterocycles. The van der Waals surface area contributed by atoms with Crippen molar-refractivity contribution in [3.8, 4) is 5.75 Å². The van der Waals surface area contributed by atoms with Crippen molar-refractivity contribution in [1.29, 1.82) is 0 Å². The number of benzene rings is 2. The Morgan fingerprint density at radius 2 is 1.81 bits per heavy atom. The van der Waals surface area contributed by atoms with Gasteiger partial charge in [-0.1, -0.05) is 18.2 Å². The number of anilines is 1. The maximum atomic E-state index is 12.7. The van der Waals surface area contributed by atoms with Crippen LogP contribution in [0.15, 0.2) is 60.7 Å². The maximum absolute atomic E-state index is 12.7. The van der Waals surface area contributed by atoms with Gasteiger partial charge in [0.05, 0.1) is 5.70 Å². The average Bonchev–Trinajstić information content (AvgIpc) is 3.05. The molecule has 0 saturated carbocycles. The highest BCUT2D eigenvalue weighted by Crippen LogP contribution is 2.37. The van der Waals surface area contributed by atoms with Gasteiger partial charge in [-0.05, 0) is 36.4 Å². The highest BCUT2D eigenvalue weighted by atomic mass is 19.4. The number of halogens is 3. The molecule has 6 nitrogen and oxygen atoms in total. The Hall–Kier alpha value is -3.04. The summed E-state index contributed by atoms with van der Waals surface area (Å²) >= 11 is 0. The van der Waals surface area contributed by atoms with Crippen LogP contribution in [0.3, 0.4) is 0 Å². The van der Waals surface area contributed by atoms with Crippen LogP contribution >= 0.6 is 0 Å². The SMILES string of the molecule is O=C(COc1ccc(C2=CC(O)(C(F)(F)F)ON2)cc1)Nc1ccccc1. The third kappa shape index (κ3) is 4.39. The van der Waals surface area contributed by atoms with Gasteiger partial charge < -0.3 is 15.2 Å². The van der Waals surface area contributed by atoms with Crippen LogP contribution in [0.25, 0.3) is 5.70 Å².